The zero-order valence-electron chi connectivity index (χ0n) is 10.3. The molecule has 0 aliphatic rings. The van der Waals surface area contributed by atoms with Crippen molar-refractivity contribution >= 4 is 21.6 Å². The molecule has 3 N–H and O–H groups in total. The molecule has 3 nitrogen and oxygen atoms in total. The number of benzene rings is 1. The van der Waals surface area contributed by atoms with Crippen molar-refractivity contribution in [2.45, 2.75) is 13.1 Å². The molecule has 0 radical (unpaired) electrons. The first-order valence-electron chi connectivity index (χ1n) is 5.54. The van der Waals surface area contributed by atoms with Gasteiger partial charge in [-0.15, -0.1) is 0 Å². The highest BCUT2D eigenvalue weighted by Crippen LogP contribution is 2.34. The largest absolute Gasteiger partial charge is 0.416 e. The third-order valence-corrected chi connectivity index (χ3v) is 3.45. The van der Waals surface area contributed by atoms with Gasteiger partial charge in [-0.2, -0.15) is 13.2 Å². The predicted molar refractivity (Wildman–Crippen MR) is 69.9 cm³/mol. The number of alkyl halides is 3. The van der Waals surface area contributed by atoms with Crippen molar-refractivity contribution in [2.24, 2.45) is 5.41 Å². The Bertz CT molecular complexity index is 433. The van der Waals surface area contributed by atoms with Crippen LogP contribution in [0.5, 0.6) is 0 Å². The lowest BCUT2D eigenvalue weighted by Gasteiger charge is -2.26. The molecule has 0 unspecified atom stereocenters. The first-order valence-corrected chi connectivity index (χ1v) is 6.33. The third kappa shape index (κ3) is 4.36. The molecular formula is C12H15BrF3NO2. The molecule has 1 rings (SSSR count). The van der Waals surface area contributed by atoms with Gasteiger partial charge in [0.2, 0.25) is 0 Å². The Hall–Kier alpha value is -0.790. The van der Waals surface area contributed by atoms with Gasteiger partial charge < -0.3 is 15.5 Å². The van der Waals surface area contributed by atoms with E-state index in [1.165, 1.54) is 6.07 Å². The van der Waals surface area contributed by atoms with Gasteiger partial charge in [-0.05, 0) is 34.1 Å². The molecular weight excluding hydrogens is 327 g/mol. The van der Waals surface area contributed by atoms with E-state index in [0.717, 1.165) is 12.1 Å². The molecule has 0 saturated carbocycles. The lowest BCUT2D eigenvalue weighted by molar-refractivity contribution is -0.137. The summed E-state index contributed by atoms with van der Waals surface area (Å²) in [6.45, 7) is 1.24. The maximum atomic E-state index is 12.6. The summed E-state index contributed by atoms with van der Waals surface area (Å²) < 4.78 is 38.2. The van der Waals surface area contributed by atoms with E-state index in [-0.39, 0.29) is 25.4 Å². The van der Waals surface area contributed by atoms with Crippen molar-refractivity contribution in [3.05, 3.63) is 28.2 Å². The second-order valence-corrected chi connectivity index (χ2v) is 5.53. The predicted octanol–water partition coefficient (Wildman–Crippen LogP) is 2.87. The Morgan fingerprint density at radius 1 is 1.21 bits per heavy atom. The van der Waals surface area contributed by atoms with Crippen LogP contribution in [0.3, 0.4) is 0 Å². The van der Waals surface area contributed by atoms with E-state index in [1.54, 1.807) is 6.92 Å². The third-order valence-electron chi connectivity index (χ3n) is 2.76. The molecule has 108 valence electrons. The molecule has 0 fully saturated rings. The van der Waals surface area contributed by atoms with Gasteiger partial charge in [-0.25, -0.2) is 0 Å². The van der Waals surface area contributed by atoms with E-state index in [9.17, 15) is 13.2 Å². The van der Waals surface area contributed by atoms with Crippen LogP contribution in [-0.2, 0) is 6.18 Å². The van der Waals surface area contributed by atoms with Crippen molar-refractivity contribution < 1.29 is 23.4 Å². The van der Waals surface area contributed by atoms with Gasteiger partial charge in [0.15, 0.2) is 0 Å². The van der Waals surface area contributed by atoms with Gasteiger partial charge in [-0.3, -0.25) is 0 Å². The number of nitrogens with one attached hydrogen (secondary N) is 1. The van der Waals surface area contributed by atoms with Gasteiger partial charge in [-0.1, -0.05) is 6.92 Å². The number of halogens is 4. The van der Waals surface area contributed by atoms with Crippen LogP contribution in [0.2, 0.25) is 0 Å². The van der Waals surface area contributed by atoms with E-state index >= 15 is 0 Å². The normalized spacial score (nSPS) is 12.6. The van der Waals surface area contributed by atoms with Crippen LogP contribution in [-0.4, -0.2) is 30.0 Å². The summed E-state index contributed by atoms with van der Waals surface area (Å²) in [7, 11) is 0. The van der Waals surface area contributed by atoms with Crippen molar-refractivity contribution in [1.29, 1.82) is 0 Å². The van der Waals surface area contributed by atoms with Crippen LogP contribution in [0.4, 0.5) is 18.9 Å². The number of hydrogen-bond acceptors (Lipinski definition) is 3. The fourth-order valence-corrected chi connectivity index (χ4v) is 1.69. The van der Waals surface area contributed by atoms with E-state index in [0.29, 0.717) is 4.47 Å². The molecule has 0 heterocycles. The van der Waals surface area contributed by atoms with Crippen LogP contribution in [0.15, 0.2) is 22.7 Å². The highest BCUT2D eigenvalue weighted by molar-refractivity contribution is 9.10. The SMILES string of the molecule is CC(CO)(CO)CNc1cc(C(F)(F)F)ccc1Br. The summed E-state index contributed by atoms with van der Waals surface area (Å²) in [6.07, 6.45) is -4.41. The Labute approximate surface area is 117 Å². The van der Waals surface area contributed by atoms with Crippen molar-refractivity contribution in [3.63, 3.8) is 0 Å². The lowest BCUT2D eigenvalue weighted by Crippen LogP contribution is -2.34. The standard InChI is InChI=1S/C12H15BrF3NO2/c1-11(6-18,7-19)5-17-10-4-8(12(14,15)16)2-3-9(10)13/h2-4,17-19H,5-7H2,1H3. The van der Waals surface area contributed by atoms with Gasteiger partial charge in [0, 0.05) is 22.1 Å². The quantitative estimate of drug-likeness (QED) is 0.771. The summed E-state index contributed by atoms with van der Waals surface area (Å²) in [6, 6.07) is 3.27. The molecule has 1 aromatic rings. The van der Waals surface area contributed by atoms with Crippen molar-refractivity contribution in [1.82, 2.24) is 0 Å². The minimum atomic E-state index is -4.41. The van der Waals surface area contributed by atoms with Crippen molar-refractivity contribution in [2.75, 3.05) is 25.1 Å². The Balaban J connectivity index is 2.89. The molecule has 0 spiro atoms. The maximum Gasteiger partial charge on any atom is 0.416 e. The number of aliphatic hydroxyl groups is 2. The number of rotatable bonds is 5. The molecule has 0 aliphatic heterocycles. The molecule has 19 heavy (non-hydrogen) atoms. The highest BCUT2D eigenvalue weighted by atomic mass is 79.9. The minimum Gasteiger partial charge on any atom is -0.396 e. The van der Waals surface area contributed by atoms with Crippen LogP contribution < -0.4 is 5.32 Å². The number of aliphatic hydroxyl groups excluding tert-OH is 2. The molecule has 0 aliphatic carbocycles. The number of anilines is 1. The summed E-state index contributed by atoms with van der Waals surface area (Å²) >= 11 is 3.15. The van der Waals surface area contributed by atoms with E-state index < -0.39 is 17.2 Å². The second kappa shape index (κ2) is 6.11. The average molecular weight is 342 g/mol. The van der Waals surface area contributed by atoms with E-state index in [2.05, 4.69) is 21.2 Å². The van der Waals surface area contributed by atoms with E-state index in [1.807, 2.05) is 0 Å². The smallest absolute Gasteiger partial charge is 0.396 e. The van der Waals surface area contributed by atoms with E-state index in [4.69, 9.17) is 10.2 Å². The average Bonchev–Trinajstić information content (AvgIpc) is 2.36. The zero-order valence-corrected chi connectivity index (χ0v) is 11.8. The lowest BCUT2D eigenvalue weighted by atomic mass is 9.93. The molecule has 0 aromatic heterocycles. The van der Waals surface area contributed by atoms with Crippen LogP contribution in [0.1, 0.15) is 12.5 Å². The summed E-state index contributed by atoms with van der Waals surface area (Å²) in [5.74, 6) is 0. The first-order chi connectivity index (χ1) is 8.72. The Morgan fingerprint density at radius 3 is 2.26 bits per heavy atom. The Morgan fingerprint density at radius 2 is 1.79 bits per heavy atom. The molecule has 0 bridgehead atoms. The Kier molecular flexibility index (Phi) is 5.23. The minimum absolute atomic E-state index is 0.153. The maximum absolute atomic E-state index is 12.6. The highest BCUT2D eigenvalue weighted by Gasteiger charge is 2.31. The molecule has 0 amide bonds. The topological polar surface area (TPSA) is 52.5 Å². The first kappa shape index (κ1) is 16.3. The van der Waals surface area contributed by atoms with Crippen LogP contribution >= 0.6 is 15.9 Å². The molecule has 0 saturated heterocycles. The van der Waals surface area contributed by atoms with Crippen LogP contribution in [0, 0.1) is 5.41 Å². The summed E-state index contributed by atoms with van der Waals surface area (Å²) in [5, 5.41) is 21.1. The van der Waals surface area contributed by atoms with Crippen molar-refractivity contribution in [3.8, 4) is 0 Å². The second-order valence-electron chi connectivity index (χ2n) is 4.67. The van der Waals surface area contributed by atoms with Gasteiger partial charge in [0.05, 0.1) is 18.8 Å². The van der Waals surface area contributed by atoms with Gasteiger partial charge in [0.25, 0.3) is 0 Å². The molecule has 7 heteroatoms. The summed E-state index contributed by atoms with van der Waals surface area (Å²) in [5.41, 5.74) is -1.29. The zero-order chi connectivity index (χ0) is 14.7. The number of hydrogen-bond donors (Lipinski definition) is 3. The van der Waals surface area contributed by atoms with Gasteiger partial charge in [0.1, 0.15) is 0 Å². The molecule has 1 aromatic carbocycles. The fraction of sp³-hybridized carbons (Fsp3) is 0.500. The fourth-order valence-electron chi connectivity index (χ4n) is 1.31. The van der Waals surface area contributed by atoms with Crippen LogP contribution in [0.25, 0.3) is 0 Å². The monoisotopic (exact) mass is 341 g/mol. The van der Waals surface area contributed by atoms with Gasteiger partial charge >= 0.3 is 6.18 Å². The summed E-state index contributed by atoms with van der Waals surface area (Å²) in [4.78, 5) is 0. The molecule has 0 atom stereocenters.